The fourth-order valence-electron chi connectivity index (χ4n) is 1.21. The Kier molecular flexibility index (Phi) is 5.12. The van der Waals surface area contributed by atoms with E-state index >= 15 is 0 Å². The molecule has 0 aliphatic carbocycles. The Labute approximate surface area is 98.3 Å². The molecule has 0 saturated carbocycles. The molecule has 6 nitrogen and oxygen atoms in total. The third-order valence-electron chi connectivity index (χ3n) is 1.97. The fourth-order valence-corrected chi connectivity index (χ4v) is 1.21. The van der Waals surface area contributed by atoms with E-state index in [1.165, 1.54) is 0 Å². The number of carbonyl (C=O) groups excluding carboxylic acids is 1. The number of carboxylic acids is 1. The standard InChI is InChI=1S/C11H14N2O4/c12-10(14)7-17-13-6-9-3-1-8(2-4-9)5-11(15)16/h1-4,13H,5-7H2,(H2,12,14)(H,15,16). The number of nitrogens with two attached hydrogens (primary N) is 1. The van der Waals surface area contributed by atoms with E-state index in [2.05, 4.69) is 5.48 Å². The van der Waals surface area contributed by atoms with E-state index in [9.17, 15) is 9.59 Å². The Morgan fingerprint density at radius 2 is 1.82 bits per heavy atom. The Morgan fingerprint density at radius 3 is 2.35 bits per heavy atom. The monoisotopic (exact) mass is 238 g/mol. The minimum atomic E-state index is -0.860. The van der Waals surface area contributed by atoms with Gasteiger partial charge in [0.05, 0.1) is 6.42 Å². The van der Waals surface area contributed by atoms with Gasteiger partial charge in [0.2, 0.25) is 5.91 Å². The normalized spacial score (nSPS) is 10.1. The summed E-state index contributed by atoms with van der Waals surface area (Å²) in [6.45, 7) is 0.234. The molecule has 0 heterocycles. The minimum absolute atomic E-state index is 0.00584. The number of hydroxylamine groups is 1. The molecule has 0 aliphatic heterocycles. The van der Waals surface area contributed by atoms with Gasteiger partial charge in [-0.1, -0.05) is 24.3 Å². The molecule has 0 unspecified atom stereocenters. The first kappa shape index (κ1) is 13.1. The predicted molar refractivity (Wildman–Crippen MR) is 59.8 cm³/mol. The number of carboxylic acid groups (broad SMARTS) is 1. The van der Waals surface area contributed by atoms with E-state index in [4.69, 9.17) is 15.7 Å². The molecule has 0 aliphatic rings. The highest BCUT2D eigenvalue weighted by atomic mass is 16.6. The summed E-state index contributed by atoms with van der Waals surface area (Å²) >= 11 is 0. The van der Waals surface area contributed by atoms with Gasteiger partial charge in [-0.2, -0.15) is 5.48 Å². The van der Waals surface area contributed by atoms with E-state index in [0.717, 1.165) is 11.1 Å². The Hall–Kier alpha value is -1.92. The predicted octanol–water partition coefficient (Wildman–Crippen LogP) is -0.180. The zero-order chi connectivity index (χ0) is 12.7. The first-order valence-corrected chi connectivity index (χ1v) is 5.00. The summed E-state index contributed by atoms with van der Waals surface area (Å²) < 4.78 is 0. The van der Waals surface area contributed by atoms with Gasteiger partial charge in [-0.15, -0.1) is 0 Å². The maximum Gasteiger partial charge on any atom is 0.307 e. The van der Waals surface area contributed by atoms with Crippen molar-refractivity contribution in [3.8, 4) is 0 Å². The van der Waals surface area contributed by atoms with Gasteiger partial charge in [0, 0.05) is 6.54 Å². The number of hydrogen-bond donors (Lipinski definition) is 3. The molecule has 1 aromatic rings. The molecule has 0 atom stereocenters. The molecular weight excluding hydrogens is 224 g/mol. The lowest BCUT2D eigenvalue weighted by Gasteiger charge is -2.05. The van der Waals surface area contributed by atoms with Crippen LogP contribution in [0.2, 0.25) is 0 Å². The lowest BCUT2D eigenvalue weighted by Crippen LogP contribution is -2.24. The summed E-state index contributed by atoms with van der Waals surface area (Å²) in [6, 6.07) is 7.05. The highest BCUT2D eigenvalue weighted by molar-refractivity contribution is 5.74. The molecule has 0 spiro atoms. The fraction of sp³-hybridized carbons (Fsp3) is 0.273. The van der Waals surface area contributed by atoms with E-state index in [1.54, 1.807) is 24.3 Å². The van der Waals surface area contributed by atoms with Gasteiger partial charge in [-0.05, 0) is 11.1 Å². The van der Waals surface area contributed by atoms with Crippen LogP contribution in [0, 0.1) is 0 Å². The lowest BCUT2D eigenvalue weighted by atomic mass is 10.1. The number of carbonyl (C=O) groups is 2. The zero-order valence-electron chi connectivity index (χ0n) is 9.18. The zero-order valence-corrected chi connectivity index (χ0v) is 9.18. The molecule has 0 fully saturated rings. The van der Waals surface area contributed by atoms with Crippen molar-refractivity contribution in [1.82, 2.24) is 5.48 Å². The van der Waals surface area contributed by atoms with Gasteiger partial charge in [0.25, 0.3) is 0 Å². The molecular formula is C11H14N2O4. The molecule has 1 amide bonds. The van der Waals surface area contributed by atoms with Crippen LogP contribution in [-0.4, -0.2) is 23.6 Å². The van der Waals surface area contributed by atoms with Gasteiger partial charge >= 0.3 is 5.97 Å². The maximum absolute atomic E-state index is 10.5. The minimum Gasteiger partial charge on any atom is -0.481 e. The van der Waals surface area contributed by atoms with E-state index in [-0.39, 0.29) is 13.0 Å². The molecule has 0 radical (unpaired) electrons. The van der Waals surface area contributed by atoms with Crippen LogP contribution in [0.25, 0.3) is 0 Å². The second-order valence-corrected chi connectivity index (χ2v) is 3.46. The van der Waals surface area contributed by atoms with Crippen LogP contribution in [-0.2, 0) is 27.4 Å². The number of amides is 1. The summed E-state index contributed by atoms with van der Waals surface area (Å²) in [5.41, 5.74) is 9.11. The van der Waals surface area contributed by atoms with Crippen molar-refractivity contribution in [2.75, 3.05) is 6.61 Å². The molecule has 17 heavy (non-hydrogen) atoms. The average molecular weight is 238 g/mol. The highest BCUT2D eigenvalue weighted by Gasteiger charge is 2.00. The van der Waals surface area contributed by atoms with E-state index in [1.807, 2.05) is 0 Å². The topological polar surface area (TPSA) is 102 Å². The SMILES string of the molecule is NC(=O)CONCc1ccc(CC(=O)O)cc1. The van der Waals surface area contributed by atoms with Crippen molar-refractivity contribution < 1.29 is 19.5 Å². The van der Waals surface area contributed by atoms with Crippen LogP contribution in [0.1, 0.15) is 11.1 Å². The van der Waals surface area contributed by atoms with E-state index in [0.29, 0.717) is 6.54 Å². The van der Waals surface area contributed by atoms with Crippen LogP contribution in [0.4, 0.5) is 0 Å². The van der Waals surface area contributed by atoms with Crippen LogP contribution >= 0.6 is 0 Å². The quantitative estimate of drug-likeness (QED) is 0.452. The summed E-state index contributed by atoms with van der Waals surface area (Å²) in [5.74, 6) is -1.41. The number of aliphatic carboxylic acids is 1. The Balaban J connectivity index is 2.35. The average Bonchev–Trinajstić information content (AvgIpc) is 2.25. The molecule has 6 heteroatoms. The smallest absolute Gasteiger partial charge is 0.307 e. The Bertz CT molecular complexity index is 389. The highest BCUT2D eigenvalue weighted by Crippen LogP contribution is 2.05. The lowest BCUT2D eigenvalue weighted by molar-refractivity contribution is -0.136. The van der Waals surface area contributed by atoms with E-state index < -0.39 is 11.9 Å². The van der Waals surface area contributed by atoms with Crippen molar-refractivity contribution in [3.05, 3.63) is 35.4 Å². The Morgan fingerprint density at radius 1 is 1.24 bits per heavy atom. The van der Waals surface area contributed by atoms with Crippen LogP contribution in [0.15, 0.2) is 24.3 Å². The third-order valence-corrected chi connectivity index (χ3v) is 1.97. The molecule has 92 valence electrons. The number of hydrogen-bond acceptors (Lipinski definition) is 4. The molecule has 4 N–H and O–H groups in total. The second-order valence-electron chi connectivity index (χ2n) is 3.46. The molecule has 1 aromatic carbocycles. The van der Waals surface area contributed by atoms with Crippen LogP contribution in [0.3, 0.4) is 0 Å². The summed E-state index contributed by atoms with van der Waals surface area (Å²) in [5, 5.41) is 8.59. The van der Waals surface area contributed by atoms with Crippen LogP contribution in [0.5, 0.6) is 0 Å². The van der Waals surface area contributed by atoms with Gasteiger partial charge < -0.3 is 10.8 Å². The number of rotatable bonds is 7. The summed E-state index contributed by atoms with van der Waals surface area (Å²) in [7, 11) is 0. The molecule has 1 rings (SSSR count). The van der Waals surface area contributed by atoms with Crippen LogP contribution < -0.4 is 11.2 Å². The van der Waals surface area contributed by atoms with Crippen molar-refractivity contribution in [2.24, 2.45) is 5.73 Å². The van der Waals surface area contributed by atoms with Gasteiger partial charge in [-0.25, -0.2) is 0 Å². The molecule has 0 aromatic heterocycles. The van der Waals surface area contributed by atoms with Gasteiger partial charge in [-0.3, -0.25) is 14.4 Å². The number of primary amides is 1. The van der Waals surface area contributed by atoms with Crippen molar-refractivity contribution in [2.45, 2.75) is 13.0 Å². The summed E-state index contributed by atoms with van der Waals surface area (Å²) in [6.07, 6.45) is 0.00584. The second kappa shape index (κ2) is 6.62. The number of benzene rings is 1. The largest absolute Gasteiger partial charge is 0.481 e. The summed E-state index contributed by atoms with van der Waals surface area (Å²) in [4.78, 5) is 25.6. The number of nitrogens with one attached hydrogen (secondary N) is 1. The first-order valence-electron chi connectivity index (χ1n) is 5.00. The third kappa shape index (κ3) is 5.64. The molecule has 0 bridgehead atoms. The maximum atomic E-state index is 10.5. The van der Waals surface area contributed by atoms with Crippen molar-refractivity contribution in [3.63, 3.8) is 0 Å². The van der Waals surface area contributed by atoms with Gasteiger partial charge in [0.15, 0.2) is 0 Å². The van der Waals surface area contributed by atoms with Crippen molar-refractivity contribution >= 4 is 11.9 Å². The molecule has 0 saturated heterocycles. The van der Waals surface area contributed by atoms with Gasteiger partial charge in [0.1, 0.15) is 6.61 Å². The first-order chi connectivity index (χ1) is 8.08. The van der Waals surface area contributed by atoms with Crippen molar-refractivity contribution in [1.29, 1.82) is 0 Å².